The van der Waals surface area contributed by atoms with Crippen LogP contribution in [0.4, 0.5) is 5.95 Å². The molecule has 6 nitrogen and oxygen atoms in total. The molecule has 4 rings (SSSR count). The molecule has 1 amide bonds. The van der Waals surface area contributed by atoms with E-state index < -0.39 is 0 Å². The second-order valence-corrected chi connectivity index (χ2v) is 8.36. The molecule has 2 aromatic carbocycles. The van der Waals surface area contributed by atoms with Crippen LogP contribution >= 0.6 is 31.9 Å². The highest BCUT2D eigenvalue weighted by Gasteiger charge is 2.22. The Balaban J connectivity index is 1.82. The molecule has 1 fully saturated rings. The molecule has 0 spiro atoms. The minimum Gasteiger partial charge on any atom is -0.376 e. The molecule has 0 bridgehead atoms. The van der Waals surface area contributed by atoms with Crippen molar-refractivity contribution in [1.29, 1.82) is 0 Å². The number of aromatic nitrogens is 2. The summed E-state index contributed by atoms with van der Waals surface area (Å²) in [6, 6.07) is 12.4. The van der Waals surface area contributed by atoms with Crippen molar-refractivity contribution in [2.45, 2.75) is 25.5 Å². The van der Waals surface area contributed by atoms with Crippen LogP contribution in [0.25, 0.3) is 10.9 Å². The van der Waals surface area contributed by atoms with Crippen molar-refractivity contribution in [2.75, 3.05) is 11.9 Å². The van der Waals surface area contributed by atoms with E-state index in [1.165, 1.54) is 4.57 Å². The third-order valence-corrected chi connectivity index (χ3v) is 5.73. The highest BCUT2D eigenvalue weighted by molar-refractivity contribution is 9.11. The lowest BCUT2D eigenvalue weighted by Gasteiger charge is -2.17. The van der Waals surface area contributed by atoms with Crippen LogP contribution in [0.3, 0.4) is 0 Å². The fourth-order valence-corrected chi connectivity index (χ4v) is 4.66. The monoisotopic (exact) mass is 505 g/mol. The molecular weight excluding hydrogens is 490 g/mol. The average Bonchev–Trinajstić information content (AvgIpc) is 3.18. The zero-order chi connectivity index (χ0) is 19.7. The highest BCUT2D eigenvalue weighted by Crippen LogP contribution is 2.27. The number of carbonyl (C=O) groups is 1. The van der Waals surface area contributed by atoms with Crippen LogP contribution in [-0.4, -0.2) is 28.2 Å². The Morgan fingerprint density at radius 1 is 1.25 bits per heavy atom. The van der Waals surface area contributed by atoms with E-state index in [2.05, 4.69) is 42.2 Å². The van der Waals surface area contributed by atoms with Gasteiger partial charge in [0.25, 0.3) is 11.5 Å². The van der Waals surface area contributed by atoms with Crippen molar-refractivity contribution in [1.82, 2.24) is 9.55 Å². The molecular formula is C20H17Br2N3O3. The summed E-state index contributed by atoms with van der Waals surface area (Å²) < 4.78 is 8.63. The number of fused-ring (bicyclic) bond motifs is 1. The largest absolute Gasteiger partial charge is 0.376 e. The summed E-state index contributed by atoms with van der Waals surface area (Å²) in [5, 5.41) is 3.27. The Kier molecular flexibility index (Phi) is 5.61. The lowest BCUT2D eigenvalue weighted by Crippen LogP contribution is -2.31. The van der Waals surface area contributed by atoms with Crippen molar-refractivity contribution >= 4 is 54.6 Å². The SMILES string of the molecule is O=C(Nc1nc2cc(Br)cc(Br)c2c(=O)n1CC1CCCO1)c1ccccc1. The van der Waals surface area contributed by atoms with Crippen molar-refractivity contribution < 1.29 is 9.53 Å². The molecule has 2 heterocycles. The fraction of sp³-hybridized carbons (Fsp3) is 0.250. The van der Waals surface area contributed by atoms with E-state index in [0.717, 1.165) is 17.3 Å². The summed E-state index contributed by atoms with van der Waals surface area (Å²) in [5.41, 5.74) is 0.775. The maximum absolute atomic E-state index is 13.3. The Hall–Kier alpha value is -2.03. The Morgan fingerprint density at radius 3 is 2.75 bits per heavy atom. The molecule has 1 aromatic heterocycles. The van der Waals surface area contributed by atoms with Gasteiger partial charge in [0, 0.05) is 21.1 Å². The predicted molar refractivity (Wildman–Crippen MR) is 115 cm³/mol. The van der Waals surface area contributed by atoms with E-state index in [-0.39, 0.29) is 23.5 Å². The number of carbonyl (C=O) groups excluding carboxylic acids is 1. The van der Waals surface area contributed by atoms with Gasteiger partial charge in [-0.25, -0.2) is 4.98 Å². The first kappa shape index (κ1) is 19.3. The van der Waals surface area contributed by atoms with Crippen LogP contribution in [0.5, 0.6) is 0 Å². The number of hydrogen-bond acceptors (Lipinski definition) is 4. The third kappa shape index (κ3) is 3.90. The van der Waals surface area contributed by atoms with Crippen molar-refractivity contribution in [3.8, 4) is 0 Å². The van der Waals surface area contributed by atoms with Gasteiger partial charge in [0.05, 0.1) is 23.6 Å². The standard InChI is InChI=1S/C20H17Br2N3O3/c21-13-9-15(22)17-16(10-13)23-20(24-18(26)12-5-2-1-3-6-12)25(19(17)27)11-14-7-4-8-28-14/h1-3,5-6,9-10,14H,4,7-8,11H2,(H,23,24,26). The summed E-state index contributed by atoms with van der Waals surface area (Å²) in [6.45, 7) is 1.03. The first-order chi connectivity index (χ1) is 13.5. The molecule has 1 aliphatic heterocycles. The predicted octanol–water partition coefficient (Wildman–Crippen LogP) is 4.35. The average molecular weight is 507 g/mol. The molecule has 1 aliphatic rings. The van der Waals surface area contributed by atoms with E-state index in [1.807, 2.05) is 12.1 Å². The van der Waals surface area contributed by atoms with Crippen LogP contribution in [0.15, 0.2) is 56.2 Å². The first-order valence-corrected chi connectivity index (χ1v) is 10.5. The van der Waals surface area contributed by atoms with Gasteiger partial charge in [-0.15, -0.1) is 0 Å². The van der Waals surface area contributed by atoms with E-state index >= 15 is 0 Å². The summed E-state index contributed by atoms with van der Waals surface area (Å²) in [6.07, 6.45) is 1.76. The number of anilines is 1. The van der Waals surface area contributed by atoms with E-state index in [9.17, 15) is 9.59 Å². The van der Waals surface area contributed by atoms with Gasteiger partial charge >= 0.3 is 0 Å². The molecule has 0 aliphatic carbocycles. The molecule has 0 saturated carbocycles. The molecule has 8 heteroatoms. The number of nitrogens with zero attached hydrogens (tertiary/aromatic N) is 2. The Labute approximate surface area is 178 Å². The number of halogens is 2. The van der Waals surface area contributed by atoms with Gasteiger partial charge in [-0.2, -0.15) is 0 Å². The Bertz CT molecular complexity index is 1090. The second kappa shape index (κ2) is 8.14. The third-order valence-electron chi connectivity index (χ3n) is 4.65. The summed E-state index contributed by atoms with van der Waals surface area (Å²) in [7, 11) is 0. The number of hydrogen-bond donors (Lipinski definition) is 1. The second-order valence-electron chi connectivity index (χ2n) is 6.59. The molecule has 1 N–H and O–H groups in total. The maximum Gasteiger partial charge on any atom is 0.264 e. The normalized spacial score (nSPS) is 16.4. The zero-order valence-electron chi connectivity index (χ0n) is 14.8. The number of amides is 1. The van der Waals surface area contributed by atoms with Crippen LogP contribution in [-0.2, 0) is 11.3 Å². The smallest absolute Gasteiger partial charge is 0.264 e. The lowest BCUT2D eigenvalue weighted by molar-refractivity contribution is 0.0956. The number of nitrogens with one attached hydrogen (secondary N) is 1. The molecule has 3 aromatic rings. The van der Waals surface area contributed by atoms with E-state index in [4.69, 9.17) is 4.74 Å². The summed E-state index contributed by atoms with van der Waals surface area (Å²) in [5.74, 6) is -0.103. The van der Waals surface area contributed by atoms with Crippen LogP contribution in [0.2, 0.25) is 0 Å². The van der Waals surface area contributed by atoms with Crippen LogP contribution < -0.4 is 10.9 Å². The lowest BCUT2D eigenvalue weighted by atomic mass is 10.2. The molecule has 28 heavy (non-hydrogen) atoms. The minimum atomic E-state index is -0.318. The summed E-state index contributed by atoms with van der Waals surface area (Å²) in [4.78, 5) is 30.5. The molecule has 1 unspecified atom stereocenters. The first-order valence-electron chi connectivity index (χ1n) is 8.90. The topological polar surface area (TPSA) is 73.2 Å². The highest BCUT2D eigenvalue weighted by atomic mass is 79.9. The minimum absolute atomic E-state index is 0.0708. The van der Waals surface area contributed by atoms with Crippen LogP contribution in [0, 0.1) is 0 Å². The van der Waals surface area contributed by atoms with Gasteiger partial charge in [-0.05, 0) is 53.0 Å². The summed E-state index contributed by atoms with van der Waals surface area (Å²) >= 11 is 6.88. The van der Waals surface area contributed by atoms with Crippen molar-refractivity contribution in [3.05, 3.63) is 67.3 Å². The van der Waals surface area contributed by atoms with Gasteiger partial charge in [-0.3, -0.25) is 19.5 Å². The molecule has 1 atom stereocenters. The number of ether oxygens (including phenoxy) is 1. The van der Waals surface area contributed by atoms with Crippen molar-refractivity contribution in [3.63, 3.8) is 0 Å². The molecule has 0 radical (unpaired) electrons. The zero-order valence-corrected chi connectivity index (χ0v) is 18.0. The number of benzene rings is 2. The van der Waals surface area contributed by atoms with Gasteiger partial charge in [0.1, 0.15) is 0 Å². The van der Waals surface area contributed by atoms with E-state index in [0.29, 0.717) is 34.1 Å². The van der Waals surface area contributed by atoms with Gasteiger partial charge in [-0.1, -0.05) is 34.1 Å². The van der Waals surface area contributed by atoms with Crippen LogP contribution in [0.1, 0.15) is 23.2 Å². The van der Waals surface area contributed by atoms with Gasteiger partial charge in [0.2, 0.25) is 5.95 Å². The maximum atomic E-state index is 13.3. The van der Waals surface area contributed by atoms with Gasteiger partial charge < -0.3 is 4.74 Å². The fourth-order valence-electron chi connectivity index (χ4n) is 3.29. The van der Waals surface area contributed by atoms with Gasteiger partial charge in [0.15, 0.2) is 0 Å². The van der Waals surface area contributed by atoms with Crippen molar-refractivity contribution in [2.24, 2.45) is 0 Å². The molecule has 1 saturated heterocycles. The quantitative estimate of drug-likeness (QED) is 0.570. The Morgan fingerprint density at radius 2 is 2.04 bits per heavy atom. The number of rotatable bonds is 4. The molecule has 144 valence electrons. The van der Waals surface area contributed by atoms with E-state index in [1.54, 1.807) is 30.3 Å².